The summed E-state index contributed by atoms with van der Waals surface area (Å²) in [6.07, 6.45) is 1.59. The molecular weight excluding hydrogens is 336 g/mol. The average Bonchev–Trinajstić information content (AvgIpc) is 3.18. The lowest BCUT2D eigenvalue weighted by atomic mass is 10.2. The Morgan fingerprint density at radius 2 is 1.92 bits per heavy atom. The van der Waals surface area contributed by atoms with E-state index in [9.17, 15) is 8.78 Å². The van der Waals surface area contributed by atoms with Crippen LogP contribution in [0, 0.1) is 0 Å². The van der Waals surface area contributed by atoms with Gasteiger partial charge in [-0.15, -0.1) is 10.2 Å². The van der Waals surface area contributed by atoms with Gasteiger partial charge in [-0.3, -0.25) is 0 Å². The van der Waals surface area contributed by atoms with Gasteiger partial charge >= 0.3 is 6.61 Å². The third-order valence-electron chi connectivity index (χ3n) is 3.43. The van der Waals surface area contributed by atoms with E-state index < -0.39 is 6.61 Å². The first-order valence-corrected chi connectivity index (χ1v) is 8.07. The highest BCUT2D eigenvalue weighted by molar-refractivity contribution is 7.99. The van der Waals surface area contributed by atoms with Crippen molar-refractivity contribution >= 4 is 11.8 Å². The molecule has 0 saturated carbocycles. The molecule has 1 atom stereocenters. The summed E-state index contributed by atoms with van der Waals surface area (Å²) < 4.78 is 35.9. The van der Waals surface area contributed by atoms with Crippen molar-refractivity contribution in [3.05, 3.63) is 48.2 Å². The van der Waals surface area contributed by atoms with Crippen LogP contribution >= 0.6 is 11.8 Å². The summed E-state index contributed by atoms with van der Waals surface area (Å²) in [5.41, 5.74) is 0.976. The van der Waals surface area contributed by atoms with Crippen molar-refractivity contribution in [2.24, 2.45) is 7.05 Å². The first kappa shape index (κ1) is 16.5. The van der Waals surface area contributed by atoms with E-state index in [1.54, 1.807) is 24.5 Å². The second-order valence-electron chi connectivity index (χ2n) is 5.05. The van der Waals surface area contributed by atoms with Gasteiger partial charge in [-0.1, -0.05) is 23.9 Å². The van der Waals surface area contributed by atoms with Gasteiger partial charge in [0.05, 0.1) is 6.26 Å². The maximum absolute atomic E-state index is 12.2. The van der Waals surface area contributed by atoms with E-state index in [1.165, 1.54) is 23.9 Å². The van der Waals surface area contributed by atoms with Crippen LogP contribution in [0.4, 0.5) is 8.78 Å². The van der Waals surface area contributed by atoms with Crippen LogP contribution in [-0.4, -0.2) is 21.4 Å². The van der Waals surface area contributed by atoms with Crippen LogP contribution in [0.3, 0.4) is 0 Å². The molecule has 0 fully saturated rings. The molecule has 2 aromatic heterocycles. The van der Waals surface area contributed by atoms with Crippen LogP contribution in [-0.2, 0) is 7.05 Å². The number of hydrogen-bond acceptors (Lipinski definition) is 5. The van der Waals surface area contributed by atoms with Crippen LogP contribution in [0.25, 0.3) is 11.6 Å². The molecular formula is C16H15F2N3O2S. The number of alkyl halides is 2. The molecule has 2 heterocycles. The summed E-state index contributed by atoms with van der Waals surface area (Å²) in [5, 5.41) is 9.14. The summed E-state index contributed by atoms with van der Waals surface area (Å²) in [5.74, 6) is 1.44. The fourth-order valence-corrected chi connectivity index (χ4v) is 3.13. The third kappa shape index (κ3) is 3.59. The lowest BCUT2D eigenvalue weighted by molar-refractivity contribution is -0.0498. The minimum absolute atomic E-state index is 0.0675. The second-order valence-corrected chi connectivity index (χ2v) is 6.36. The van der Waals surface area contributed by atoms with Gasteiger partial charge in [0.15, 0.2) is 16.7 Å². The summed E-state index contributed by atoms with van der Waals surface area (Å²) in [7, 11) is 1.87. The van der Waals surface area contributed by atoms with Gasteiger partial charge in [0.2, 0.25) is 0 Å². The molecule has 1 aromatic carbocycles. The van der Waals surface area contributed by atoms with Crippen molar-refractivity contribution < 1.29 is 17.9 Å². The number of halogens is 2. The van der Waals surface area contributed by atoms with E-state index in [-0.39, 0.29) is 11.0 Å². The number of benzene rings is 1. The molecule has 3 aromatic rings. The number of rotatable bonds is 6. The molecule has 0 saturated heterocycles. The van der Waals surface area contributed by atoms with E-state index in [4.69, 9.17) is 4.42 Å². The maximum atomic E-state index is 12.2. The van der Waals surface area contributed by atoms with E-state index >= 15 is 0 Å². The Kier molecular flexibility index (Phi) is 4.84. The molecule has 5 nitrogen and oxygen atoms in total. The normalized spacial score (nSPS) is 12.5. The molecule has 0 N–H and O–H groups in total. The predicted octanol–water partition coefficient (Wildman–Crippen LogP) is 4.53. The molecule has 126 valence electrons. The van der Waals surface area contributed by atoms with Crippen LogP contribution in [0.2, 0.25) is 0 Å². The van der Waals surface area contributed by atoms with Gasteiger partial charge in [-0.05, 0) is 36.8 Å². The smallest absolute Gasteiger partial charge is 0.387 e. The Labute approximate surface area is 141 Å². The van der Waals surface area contributed by atoms with Crippen molar-refractivity contribution in [1.82, 2.24) is 14.8 Å². The number of furan rings is 1. The first-order valence-electron chi connectivity index (χ1n) is 7.19. The topological polar surface area (TPSA) is 53.1 Å². The fourth-order valence-electron chi connectivity index (χ4n) is 2.18. The van der Waals surface area contributed by atoms with E-state index in [1.807, 2.05) is 24.6 Å². The summed E-state index contributed by atoms with van der Waals surface area (Å²) in [6, 6.07) is 10.2. The highest BCUT2D eigenvalue weighted by atomic mass is 32.2. The standard InChI is InChI=1S/C16H15F2N3O2S/c1-10(11-5-7-12(8-6-11)23-15(17)18)24-16-20-19-14(21(16)2)13-4-3-9-22-13/h3-10,15H,1-2H3. The molecule has 3 rings (SSSR count). The van der Waals surface area contributed by atoms with Crippen molar-refractivity contribution in [2.75, 3.05) is 0 Å². The Bertz CT molecular complexity index is 788. The fraction of sp³-hybridized carbons (Fsp3) is 0.250. The van der Waals surface area contributed by atoms with Gasteiger partial charge in [0.25, 0.3) is 0 Å². The highest BCUT2D eigenvalue weighted by Crippen LogP contribution is 2.35. The molecule has 0 bridgehead atoms. The minimum Gasteiger partial charge on any atom is -0.461 e. The minimum atomic E-state index is -2.82. The monoisotopic (exact) mass is 351 g/mol. The number of aromatic nitrogens is 3. The summed E-state index contributed by atoms with van der Waals surface area (Å²) in [6.45, 7) is -0.809. The zero-order chi connectivity index (χ0) is 17.1. The number of ether oxygens (including phenoxy) is 1. The van der Waals surface area contributed by atoms with Crippen molar-refractivity contribution in [3.8, 4) is 17.3 Å². The van der Waals surface area contributed by atoms with Crippen molar-refractivity contribution in [3.63, 3.8) is 0 Å². The van der Waals surface area contributed by atoms with Gasteiger partial charge in [0, 0.05) is 12.3 Å². The quantitative estimate of drug-likeness (QED) is 0.611. The lowest BCUT2D eigenvalue weighted by Crippen LogP contribution is -2.02. The van der Waals surface area contributed by atoms with Crippen molar-refractivity contribution in [1.29, 1.82) is 0 Å². The van der Waals surface area contributed by atoms with Crippen LogP contribution < -0.4 is 4.74 Å². The van der Waals surface area contributed by atoms with Gasteiger partial charge < -0.3 is 13.7 Å². The first-order chi connectivity index (χ1) is 11.5. The number of hydrogen-bond donors (Lipinski definition) is 0. The maximum Gasteiger partial charge on any atom is 0.387 e. The molecule has 8 heteroatoms. The molecule has 0 aliphatic rings. The van der Waals surface area contributed by atoms with E-state index in [0.717, 1.165) is 10.7 Å². The second kappa shape index (κ2) is 7.04. The van der Waals surface area contributed by atoms with Gasteiger partial charge in [-0.2, -0.15) is 8.78 Å². The molecule has 0 spiro atoms. The van der Waals surface area contributed by atoms with Gasteiger partial charge in [-0.25, -0.2) is 0 Å². The SMILES string of the molecule is CC(Sc1nnc(-c2ccco2)n1C)c1ccc(OC(F)F)cc1. The molecule has 0 radical (unpaired) electrons. The van der Waals surface area contributed by atoms with Crippen LogP contribution in [0.5, 0.6) is 5.75 Å². The average molecular weight is 351 g/mol. The summed E-state index contributed by atoms with van der Waals surface area (Å²) >= 11 is 1.52. The molecule has 0 amide bonds. The number of nitrogens with zero attached hydrogens (tertiary/aromatic N) is 3. The Balaban J connectivity index is 1.72. The van der Waals surface area contributed by atoms with E-state index in [0.29, 0.717) is 11.6 Å². The Morgan fingerprint density at radius 3 is 2.54 bits per heavy atom. The van der Waals surface area contributed by atoms with Crippen LogP contribution in [0.15, 0.2) is 52.2 Å². The molecule has 1 unspecified atom stereocenters. The Hall–Kier alpha value is -2.35. The third-order valence-corrected chi connectivity index (χ3v) is 4.63. The predicted molar refractivity (Wildman–Crippen MR) is 86.1 cm³/mol. The zero-order valence-corrected chi connectivity index (χ0v) is 13.8. The van der Waals surface area contributed by atoms with Crippen LogP contribution in [0.1, 0.15) is 17.7 Å². The largest absolute Gasteiger partial charge is 0.461 e. The van der Waals surface area contributed by atoms with Crippen molar-refractivity contribution in [2.45, 2.75) is 23.9 Å². The van der Waals surface area contributed by atoms with E-state index in [2.05, 4.69) is 14.9 Å². The molecule has 0 aliphatic heterocycles. The highest BCUT2D eigenvalue weighted by Gasteiger charge is 2.17. The Morgan fingerprint density at radius 1 is 1.17 bits per heavy atom. The number of thioether (sulfide) groups is 1. The molecule has 24 heavy (non-hydrogen) atoms. The zero-order valence-electron chi connectivity index (χ0n) is 13.0. The summed E-state index contributed by atoms with van der Waals surface area (Å²) in [4.78, 5) is 0. The molecule has 0 aliphatic carbocycles. The van der Waals surface area contributed by atoms with Gasteiger partial charge in [0.1, 0.15) is 5.75 Å². The lowest BCUT2D eigenvalue weighted by Gasteiger charge is -2.12.